The second-order valence-electron chi connectivity index (χ2n) is 7.30. The van der Waals surface area contributed by atoms with Crippen molar-refractivity contribution in [2.24, 2.45) is 11.8 Å². The molecular formula is C20H41NO7. The van der Waals surface area contributed by atoms with Crippen molar-refractivity contribution in [3.8, 4) is 0 Å². The van der Waals surface area contributed by atoms with E-state index in [0.29, 0.717) is 33.0 Å². The van der Waals surface area contributed by atoms with Crippen LogP contribution in [0.2, 0.25) is 0 Å². The van der Waals surface area contributed by atoms with Gasteiger partial charge in [-0.1, -0.05) is 7.43 Å². The largest absolute Gasteiger partial charge is 0.466 e. The first-order chi connectivity index (χ1) is 12.5. The number of nitrogens with one attached hydrogen (secondary N) is 1. The van der Waals surface area contributed by atoms with Crippen LogP contribution in [0.5, 0.6) is 0 Å². The SMILES string of the molecule is C.CC(=O)C1COC(C)(C)OC1.CCOC(=O)C1COC(C)(C)OC1.CNC. The summed E-state index contributed by atoms with van der Waals surface area (Å²) in [5.41, 5.74) is 0. The normalized spacial score (nSPS) is 21.0. The summed E-state index contributed by atoms with van der Waals surface area (Å²) in [5.74, 6) is -1.51. The minimum Gasteiger partial charge on any atom is -0.466 e. The Morgan fingerprint density at radius 3 is 1.50 bits per heavy atom. The standard InChI is InChI=1S/C9H16O4.C8H14O3.C2H7N.CH4/c1-4-11-8(10)7-5-12-9(2,3)13-6-7;1-6(9)7-4-10-8(2,3)11-5-7;1-3-2;/h7H,4-6H2,1-3H3;7H,4-5H2,1-3H3;3H,1-2H3;1H4. The molecule has 0 spiro atoms. The van der Waals surface area contributed by atoms with E-state index >= 15 is 0 Å². The lowest BCUT2D eigenvalue weighted by Crippen LogP contribution is -2.42. The first kappa shape index (κ1) is 29.1. The molecule has 168 valence electrons. The number of rotatable bonds is 3. The summed E-state index contributed by atoms with van der Waals surface area (Å²) in [6.45, 7) is 12.8. The first-order valence-corrected chi connectivity index (χ1v) is 9.29. The molecule has 0 bridgehead atoms. The number of hydrogen-bond donors (Lipinski definition) is 1. The Kier molecular flexibility index (Phi) is 14.6. The van der Waals surface area contributed by atoms with E-state index in [9.17, 15) is 9.59 Å². The molecule has 8 heteroatoms. The molecule has 0 aromatic rings. The van der Waals surface area contributed by atoms with E-state index in [1.807, 2.05) is 41.8 Å². The molecule has 0 aliphatic carbocycles. The van der Waals surface area contributed by atoms with Gasteiger partial charge in [-0.05, 0) is 55.6 Å². The number of hydrogen-bond acceptors (Lipinski definition) is 8. The van der Waals surface area contributed by atoms with Gasteiger partial charge in [-0.3, -0.25) is 9.59 Å². The van der Waals surface area contributed by atoms with Gasteiger partial charge >= 0.3 is 5.97 Å². The zero-order valence-electron chi connectivity index (χ0n) is 18.0. The van der Waals surface area contributed by atoms with Crippen molar-refractivity contribution in [1.82, 2.24) is 5.32 Å². The maximum Gasteiger partial charge on any atom is 0.313 e. The molecule has 0 unspecified atom stereocenters. The van der Waals surface area contributed by atoms with Crippen molar-refractivity contribution < 1.29 is 33.3 Å². The molecule has 8 nitrogen and oxygen atoms in total. The van der Waals surface area contributed by atoms with E-state index in [1.165, 1.54) is 0 Å². The predicted molar refractivity (Wildman–Crippen MR) is 108 cm³/mol. The van der Waals surface area contributed by atoms with Crippen molar-refractivity contribution in [3.63, 3.8) is 0 Å². The van der Waals surface area contributed by atoms with Crippen LogP contribution in [0.15, 0.2) is 0 Å². The molecule has 0 radical (unpaired) electrons. The van der Waals surface area contributed by atoms with Gasteiger partial charge in [0.15, 0.2) is 11.6 Å². The average molecular weight is 408 g/mol. The molecule has 2 aliphatic heterocycles. The fourth-order valence-corrected chi connectivity index (χ4v) is 2.02. The Morgan fingerprint density at radius 2 is 1.21 bits per heavy atom. The molecule has 2 heterocycles. The average Bonchev–Trinajstić information content (AvgIpc) is 2.56. The summed E-state index contributed by atoms with van der Waals surface area (Å²) in [4.78, 5) is 22.1. The molecule has 2 fully saturated rings. The first-order valence-electron chi connectivity index (χ1n) is 9.29. The van der Waals surface area contributed by atoms with E-state index in [0.717, 1.165) is 0 Å². The number of esters is 1. The maximum atomic E-state index is 11.2. The van der Waals surface area contributed by atoms with E-state index in [4.69, 9.17) is 23.7 Å². The summed E-state index contributed by atoms with van der Waals surface area (Å²) in [6.07, 6.45) is 0. The van der Waals surface area contributed by atoms with Gasteiger partial charge < -0.3 is 29.0 Å². The lowest BCUT2D eigenvalue weighted by molar-refractivity contribution is -0.262. The Bertz CT molecular complexity index is 432. The highest BCUT2D eigenvalue weighted by Gasteiger charge is 2.33. The Hall–Kier alpha value is -1.06. The molecule has 1 N–H and O–H groups in total. The fourth-order valence-electron chi connectivity index (χ4n) is 2.02. The van der Waals surface area contributed by atoms with Crippen LogP contribution >= 0.6 is 0 Å². The lowest BCUT2D eigenvalue weighted by atomic mass is 10.1. The maximum absolute atomic E-state index is 11.2. The second-order valence-corrected chi connectivity index (χ2v) is 7.30. The minimum absolute atomic E-state index is 0. The smallest absolute Gasteiger partial charge is 0.313 e. The molecule has 28 heavy (non-hydrogen) atoms. The zero-order valence-corrected chi connectivity index (χ0v) is 18.0. The fraction of sp³-hybridized carbons (Fsp3) is 0.900. The van der Waals surface area contributed by atoms with Gasteiger partial charge in [-0.2, -0.15) is 0 Å². The molecule has 0 aromatic carbocycles. The van der Waals surface area contributed by atoms with Gasteiger partial charge in [-0.25, -0.2) is 0 Å². The van der Waals surface area contributed by atoms with Gasteiger partial charge in [0.05, 0.1) is 39.0 Å². The Balaban J connectivity index is 0. The van der Waals surface area contributed by atoms with Crippen LogP contribution in [-0.4, -0.2) is 70.5 Å². The summed E-state index contributed by atoms with van der Waals surface area (Å²) in [6, 6.07) is 0. The van der Waals surface area contributed by atoms with Gasteiger partial charge in [0.25, 0.3) is 0 Å². The van der Waals surface area contributed by atoms with Crippen LogP contribution < -0.4 is 5.32 Å². The van der Waals surface area contributed by atoms with E-state index in [-0.39, 0.29) is 31.0 Å². The molecule has 0 aromatic heterocycles. The zero-order chi connectivity index (χ0) is 21.1. The van der Waals surface area contributed by atoms with E-state index in [1.54, 1.807) is 13.8 Å². The summed E-state index contributed by atoms with van der Waals surface area (Å²) in [7, 11) is 3.75. The van der Waals surface area contributed by atoms with Crippen molar-refractivity contribution in [1.29, 1.82) is 0 Å². The number of Topliss-reactive ketones (excluding diaryl/α,β-unsaturated/α-hetero) is 1. The molecule has 2 aliphatic rings. The highest BCUT2D eigenvalue weighted by molar-refractivity contribution is 5.78. The molecule has 0 saturated carbocycles. The van der Waals surface area contributed by atoms with Crippen molar-refractivity contribution in [3.05, 3.63) is 0 Å². The van der Waals surface area contributed by atoms with Crippen molar-refractivity contribution >= 4 is 11.8 Å². The Labute approximate surface area is 170 Å². The quantitative estimate of drug-likeness (QED) is 0.713. The summed E-state index contributed by atoms with van der Waals surface area (Å²) < 4.78 is 26.1. The van der Waals surface area contributed by atoms with Gasteiger partial charge in [0, 0.05) is 0 Å². The molecular weight excluding hydrogens is 366 g/mol. The van der Waals surface area contributed by atoms with Crippen molar-refractivity contribution in [2.75, 3.05) is 47.1 Å². The number of ketones is 1. The lowest BCUT2D eigenvalue weighted by Gasteiger charge is -2.33. The van der Waals surface area contributed by atoms with Crippen LogP contribution in [0.4, 0.5) is 0 Å². The monoisotopic (exact) mass is 407 g/mol. The molecule has 0 amide bonds. The second kappa shape index (κ2) is 14.0. The van der Waals surface area contributed by atoms with Crippen LogP contribution in [0.1, 0.15) is 49.0 Å². The van der Waals surface area contributed by atoms with Gasteiger partial charge in [0.1, 0.15) is 11.7 Å². The third-order valence-electron chi connectivity index (χ3n) is 3.72. The molecule has 2 rings (SSSR count). The predicted octanol–water partition coefficient (Wildman–Crippen LogP) is 2.39. The number of carbonyl (C=O) groups is 2. The summed E-state index contributed by atoms with van der Waals surface area (Å²) in [5, 5.41) is 2.75. The third kappa shape index (κ3) is 12.4. The van der Waals surface area contributed by atoms with Crippen LogP contribution in [-0.2, 0) is 33.3 Å². The van der Waals surface area contributed by atoms with Gasteiger partial charge in [0.2, 0.25) is 0 Å². The van der Waals surface area contributed by atoms with E-state index < -0.39 is 11.6 Å². The van der Waals surface area contributed by atoms with Crippen LogP contribution in [0.3, 0.4) is 0 Å². The topological polar surface area (TPSA) is 92.3 Å². The summed E-state index contributed by atoms with van der Waals surface area (Å²) >= 11 is 0. The number of carbonyl (C=O) groups excluding carboxylic acids is 2. The molecule has 2 saturated heterocycles. The highest BCUT2D eigenvalue weighted by Crippen LogP contribution is 2.21. The van der Waals surface area contributed by atoms with Crippen LogP contribution in [0, 0.1) is 11.8 Å². The van der Waals surface area contributed by atoms with Crippen molar-refractivity contribution in [2.45, 2.75) is 60.5 Å². The van der Waals surface area contributed by atoms with Crippen LogP contribution in [0.25, 0.3) is 0 Å². The highest BCUT2D eigenvalue weighted by atomic mass is 16.7. The minimum atomic E-state index is -0.566. The van der Waals surface area contributed by atoms with Gasteiger partial charge in [-0.15, -0.1) is 0 Å². The van der Waals surface area contributed by atoms with E-state index in [2.05, 4.69) is 5.32 Å². The number of ether oxygens (including phenoxy) is 5. The Morgan fingerprint density at radius 1 is 0.893 bits per heavy atom. The molecule has 0 atom stereocenters. The third-order valence-corrected chi connectivity index (χ3v) is 3.72.